The molecule has 17 heavy (non-hydrogen) atoms. The molecule has 2 atom stereocenters. The molecule has 0 aromatic rings. The quantitative estimate of drug-likeness (QED) is 0.707. The molecule has 0 bridgehead atoms. The molecule has 0 spiro atoms. The van der Waals surface area contributed by atoms with Gasteiger partial charge < -0.3 is 10.2 Å². The summed E-state index contributed by atoms with van der Waals surface area (Å²) in [6.45, 7) is 7.37. The Kier molecular flexibility index (Phi) is 4.41. The van der Waals surface area contributed by atoms with Crippen LogP contribution in [0.3, 0.4) is 0 Å². The summed E-state index contributed by atoms with van der Waals surface area (Å²) in [4.78, 5) is 2.37. The van der Waals surface area contributed by atoms with Crippen LogP contribution in [-0.4, -0.2) is 57.8 Å². The van der Waals surface area contributed by atoms with Crippen molar-refractivity contribution in [2.45, 2.75) is 25.0 Å². The monoisotopic (exact) mass is 261 g/mol. The van der Waals surface area contributed by atoms with Crippen molar-refractivity contribution < 1.29 is 8.42 Å². The highest BCUT2D eigenvalue weighted by Gasteiger charge is 2.30. The first-order chi connectivity index (χ1) is 8.12. The molecule has 0 aromatic carbocycles. The van der Waals surface area contributed by atoms with E-state index < -0.39 is 10.0 Å². The van der Waals surface area contributed by atoms with Crippen molar-refractivity contribution in [2.24, 2.45) is 5.92 Å². The molecule has 2 N–H and O–H groups in total. The summed E-state index contributed by atoms with van der Waals surface area (Å²) < 4.78 is 26.7. The summed E-state index contributed by atoms with van der Waals surface area (Å²) in [5.41, 5.74) is 0. The van der Waals surface area contributed by atoms with E-state index in [0.717, 1.165) is 39.0 Å². The Hall–Kier alpha value is -0.170. The number of nitrogens with zero attached hydrogens (tertiary/aromatic N) is 1. The Morgan fingerprint density at radius 3 is 2.82 bits per heavy atom. The largest absolute Gasteiger partial charge is 0.315 e. The Labute approximate surface area is 104 Å². The number of hydrogen-bond acceptors (Lipinski definition) is 4. The minimum atomic E-state index is -3.10. The van der Waals surface area contributed by atoms with Crippen molar-refractivity contribution in [3.05, 3.63) is 0 Å². The maximum atomic E-state index is 12.0. The Bertz CT molecular complexity index is 339. The SMILES string of the molecule is CCN1CCC(CNS(=O)(=O)C2CCNC2)C1. The van der Waals surface area contributed by atoms with Gasteiger partial charge >= 0.3 is 0 Å². The smallest absolute Gasteiger partial charge is 0.215 e. The molecule has 2 heterocycles. The summed E-state index contributed by atoms with van der Waals surface area (Å²) in [6.07, 6.45) is 1.85. The van der Waals surface area contributed by atoms with Crippen LogP contribution in [0.1, 0.15) is 19.8 Å². The fourth-order valence-corrected chi connectivity index (χ4v) is 4.08. The molecule has 2 aliphatic heterocycles. The number of rotatable bonds is 5. The second-order valence-electron chi connectivity index (χ2n) is 5.06. The highest BCUT2D eigenvalue weighted by Crippen LogP contribution is 2.16. The van der Waals surface area contributed by atoms with Gasteiger partial charge in [-0.25, -0.2) is 13.1 Å². The van der Waals surface area contributed by atoms with E-state index in [1.807, 2.05) is 0 Å². The van der Waals surface area contributed by atoms with Crippen molar-refractivity contribution in [2.75, 3.05) is 39.3 Å². The standard InChI is InChI=1S/C11H23N3O2S/c1-2-14-6-4-10(9-14)7-13-17(15,16)11-3-5-12-8-11/h10-13H,2-9H2,1H3. The molecule has 5 nitrogen and oxygen atoms in total. The fraction of sp³-hybridized carbons (Fsp3) is 1.00. The van der Waals surface area contributed by atoms with Crippen LogP contribution in [0, 0.1) is 5.92 Å². The Morgan fingerprint density at radius 1 is 1.41 bits per heavy atom. The predicted molar refractivity (Wildman–Crippen MR) is 68.4 cm³/mol. The molecular formula is C11H23N3O2S. The third kappa shape index (κ3) is 3.40. The third-order valence-corrected chi connectivity index (χ3v) is 5.69. The van der Waals surface area contributed by atoms with E-state index in [2.05, 4.69) is 21.9 Å². The summed E-state index contributed by atoms with van der Waals surface area (Å²) in [6, 6.07) is 0. The molecule has 6 heteroatoms. The van der Waals surface area contributed by atoms with Crippen molar-refractivity contribution in [1.29, 1.82) is 0 Å². The van der Waals surface area contributed by atoms with Gasteiger partial charge in [-0.15, -0.1) is 0 Å². The van der Waals surface area contributed by atoms with Gasteiger partial charge in [0.1, 0.15) is 0 Å². The second-order valence-corrected chi connectivity index (χ2v) is 7.10. The van der Waals surface area contributed by atoms with Crippen molar-refractivity contribution >= 4 is 10.0 Å². The minimum Gasteiger partial charge on any atom is -0.315 e. The predicted octanol–water partition coefficient (Wildman–Crippen LogP) is -0.390. The molecule has 2 unspecified atom stereocenters. The minimum absolute atomic E-state index is 0.230. The average molecular weight is 261 g/mol. The highest BCUT2D eigenvalue weighted by atomic mass is 32.2. The van der Waals surface area contributed by atoms with Gasteiger partial charge in [-0.2, -0.15) is 0 Å². The molecule has 0 aliphatic carbocycles. The first-order valence-electron chi connectivity index (χ1n) is 6.53. The Balaban J connectivity index is 1.78. The van der Waals surface area contributed by atoms with Gasteiger partial charge in [-0.3, -0.25) is 0 Å². The lowest BCUT2D eigenvalue weighted by Crippen LogP contribution is -2.38. The normalized spacial score (nSPS) is 31.1. The van der Waals surface area contributed by atoms with E-state index in [1.54, 1.807) is 0 Å². The van der Waals surface area contributed by atoms with E-state index in [9.17, 15) is 8.42 Å². The summed E-state index contributed by atoms with van der Waals surface area (Å²) in [5, 5.41) is 2.86. The fourth-order valence-electron chi connectivity index (χ4n) is 2.61. The zero-order chi connectivity index (χ0) is 12.3. The van der Waals surface area contributed by atoms with Crippen LogP contribution in [0.25, 0.3) is 0 Å². The first kappa shape index (κ1) is 13.3. The van der Waals surface area contributed by atoms with Gasteiger partial charge in [0.15, 0.2) is 0 Å². The van der Waals surface area contributed by atoms with E-state index in [0.29, 0.717) is 19.0 Å². The van der Waals surface area contributed by atoms with Crippen molar-refractivity contribution in [3.8, 4) is 0 Å². The molecule has 0 saturated carbocycles. The molecule has 2 fully saturated rings. The number of hydrogen-bond donors (Lipinski definition) is 2. The average Bonchev–Trinajstić information content (AvgIpc) is 2.98. The zero-order valence-corrected chi connectivity index (χ0v) is 11.3. The van der Waals surface area contributed by atoms with Gasteiger partial charge in [-0.05, 0) is 38.4 Å². The molecule has 0 aromatic heterocycles. The number of sulfonamides is 1. The maximum absolute atomic E-state index is 12.0. The van der Waals surface area contributed by atoms with Crippen LogP contribution in [0.5, 0.6) is 0 Å². The molecule has 0 radical (unpaired) electrons. The second kappa shape index (κ2) is 5.65. The lowest BCUT2D eigenvalue weighted by atomic mass is 10.1. The van der Waals surface area contributed by atoms with Crippen molar-refractivity contribution in [1.82, 2.24) is 14.9 Å². The number of nitrogens with one attached hydrogen (secondary N) is 2. The van der Waals surface area contributed by atoms with Crippen LogP contribution in [0.15, 0.2) is 0 Å². The zero-order valence-electron chi connectivity index (χ0n) is 10.5. The number of likely N-dealkylation sites (tertiary alicyclic amines) is 1. The van der Waals surface area contributed by atoms with Gasteiger partial charge in [0, 0.05) is 19.6 Å². The summed E-state index contributed by atoms with van der Waals surface area (Å²) in [5.74, 6) is 0.485. The molecular weight excluding hydrogens is 238 g/mol. The van der Waals surface area contributed by atoms with Crippen LogP contribution in [-0.2, 0) is 10.0 Å². The van der Waals surface area contributed by atoms with Crippen molar-refractivity contribution in [3.63, 3.8) is 0 Å². The van der Waals surface area contributed by atoms with E-state index in [4.69, 9.17) is 0 Å². The Morgan fingerprint density at radius 2 is 2.24 bits per heavy atom. The van der Waals surface area contributed by atoms with Gasteiger partial charge in [0.05, 0.1) is 5.25 Å². The molecule has 2 saturated heterocycles. The van der Waals surface area contributed by atoms with Crippen LogP contribution in [0.4, 0.5) is 0 Å². The maximum Gasteiger partial charge on any atom is 0.215 e. The van der Waals surface area contributed by atoms with E-state index >= 15 is 0 Å². The first-order valence-corrected chi connectivity index (χ1v) is 8.08. The topological polar surface area (TPSA) is 61.4 Å². The van der Waals surface area contributed by atoms with Gasteiger partial charge in [0.2, 0.25) is 10.0 Å². The van der Waals surface area contributed by atoms with Crippen LogP contribution in [0.2, 0.25) is 0 Å². The molecule has 100 valence electrons. The van der Waals surface area contributed by atoms with E-state index in [1.165, 1.54) is 0 Å². The molecule has 2 rings (SSSR count). The van der Waals surface area contributed by atoms with Crippen LogP contribution >= 0.6 is 0 Å². The lowest BCUT2D eigenvalue weighted by Gasteiger charge is -2.16. The summed E-state index contributed by atoms with van der Waals surface area (Å²) >= 11 is 0. The van der Waals surface area contributed by atoms with Gasteiger partial charge in [0.25, 0.3) is 0 Å². The molecule has 2 aliphatic rings. The highest BCUT2D eigenvalue weighted by molar-refractivity contribution is 7.90. The van der Waals surface area contributed by atoms with Crippen LogP contribution < -0.4 is 10.0 Å². The molecule has 0 amide bonds. The third-order valence-electron chi connectivity index (χ3n) is 3.84. The van der Waals surface area contributed by atoms with Gasteiger partial charge in [-0.1, -0.05) is 6.92 Å². The summed E-state index contributed by atoms with van der Waals surface area (Å²) in [7, 11) is -3.10. The van der Waals surface area contributed by atoms with E-state index in [-0.39, 0.29) is 5.25 Å². The lowest BCUT2D eigenvalue weighted by molar-refractivity contribution is 0.342.